The third-order valence-electron chi connectivity index (χ3n) is 7.60. The molecule has 20 heavy (non-hydrogen) atoms. The van der Waals surface area contributed by atoms with Gasteiger partial charge in [0.25, 0.3) is 0 Å². The Morgan fingerprint density at radius 3 is 1.80 bits per heavy atom. The van der Waals surface area contributed by atoms with Crippen molar-refractivity contribution in [2.75, 3.05) is 0 Å². The first kappa shape index (κ1) is 11.8. The predicted octanol–water partition coefficient (Wildman–Crippen LogP) is 3.57. The van der Waals surface area contributed by atoms with E-state index in [1.54, 1.807) is 6.92 Å². The summed E-state index contributed by atoms with van der Waals surface area (Å²) in [6.07, 6.45) is 7.94. The molecule has 0 heterocycles. The van der Waals surface area contributed by atoms with Crippen molar-refractivity contribution in [3.63, 3.8) is 0 Å². The highest BCUT2D eigenvalue weighted by Gasteiger charge is 2.68. The quantitative estimate of drug-likeness (QED) is 0.567. The van der Waals surface area contributed by atoms with Gasteiger partial charge in [-0.2, -0.15) is 0 Å². The Hall–Kier alpha value is -0.790. The van der Waals surface area contributed by atoms with E-state index in [-0.39, 0.29) is 11.6 Å². The Labute approximate surface area is 120 Å². The zero-order valence-electron chi connectivity index (χ0n) is 12.3. The Morgan fingerprint density at radius 1 is 0.950 bits per heavy atom. The minimum absolute atomic E-state index is 0.107. The lowest BCUT2D eigenvalue weighted by Gasteiger charge is -2.71. The minimum atomic E-state index is -0.149. The van der Waals surface area contributed by atoms with Gasteiger partial charge in [-0.3, -0.25) is 0 Å². The van der Waals surface area contributed by atoms with Gasteiger partial charge in [0.15, 0.2) is 0 Å². The number of carbonyl (C=O) groups is 1. The van der Waals surface area contributed by atoms with Crippen LogP contribution in [0.3, 0.4) is 0 Å². The van der Waals surface area contributed by atoms with Crippen molar-refractivity contribution in [3.8, 4) is 0 Å². The highest BCUT2D eigenvalue weighted by molar-refractivity contribution is 5.87. The maximum Gasteiger partial charge on any atom is 0.333 e. The average molecular weight is 272 g/mol. The first-order valence-electron chi connectivity index (χ1n) is 8.45. The molecule has 0 unspecified atom stereocenters. The Balaban J connectivity index is 1.49. The molecule has 2 nitrogen and oxygen atoms in total. The van der Waals surface area contributed by atoms with Crippen molar-refractivity contribution < 1.29 is 9.53 Å². The highest BCUT2D eigenvalue weighted by atomic mass is 16.6. The molecule has 108 valence electrons. The molecule has 7 saturated carbocycles. The number of ether oxygens (including phenoxy) is 1. The molecule has 0 spiro atoms. The summed E-state index contributed by atoms with van der Waals surface area (Å²) < 4.78 is 6.00. The van der Waals surface area contributed by atoms with Crippen LogP contribution in [0.5, 0.6) is 0 Å². The molecule has 0 aliphatic heterocycles. The lowest BCUT2D eigenvalue weighted by Crippen LogP contribution is -2.68. The van der Waals surface area contributed by atoms with Gasteiger partial charge >= 0.3 is 5.97 Å². The normalized spacial score (nSPS) is 57.1. The van der Waals surface area contributed by atoms with Gasteiger partial charge in [0.2, 0.25) is 0 Å². The number of esters is 1. The van der Waals surface area contributed by atoms with E-state index in [0.29, 0.717) is 5.57 Å². The van der Waals surface area contributed by atoms with Gasteiger partial charge in [-0.1, -0.05) is 6.58 Å². The van der Waals surface area contributed by atoms with E-state index in [0.717, 1.165) is 60.7 Å². The van der Waals surface area contributed by atoms with Crippen molar-refractivity contribution >= 4 is 5.97 Å². The lowest BCUT2D eigenvalue weighted by atomic mass is 9.35. The molecule has 0 aromatic heterocycles. The molecule has 7 aliphatic rings. The lowest BCUT2D eigenvalue weighted by molar-refractivity contribution is -0.261. The molecule has 2 heteroatoms. The Morgan fingerprint density at radius 2 is 1.40 bits per heavy atom. The third-order valence-corrected chi connectivity index (χ3v) is 7.60. The predicted molar refractivity (Wildman–Crippen MR) is 75.8 cm³/mol. The van der Waals surface area contributed by atoms with Gasteiger partial charge in [-0.05, 0) is 86.9 Å². The van der Waals surface area contributed by atoms with Crippen molar-refractivity contribution in [3.05, 3.63) is 12.2 Å². The summed E-state index contributed by atoms with van der Waals surface area (Å²) in [7, 11) is 0. The highest BCUT2D eigenvalue weighted by Crippen LogP contribution is 2.72. The molecular formula is C18H24O2. The van der Waals surface area contributed by atoms with E-state index in [9.17, 15) is 4.79 Å². The molecule has 0 atom stereocenters. The summed E-state index contributed by atoms with van der Waals surface area (Å²) in [5.41, 5.74) is 0.452. The molecule has 0 aromatic carbocycles. The maximum absolute atomic E-state index is 12.0. The smallest absolute Gasteiger partial charge is 0.333 e. The van der Waals surface area contributed by atoms with Crippen molar-refractivity contribution in [1.82, 2.24) is 0 Å². The van der Waals surface area contributed by atoms with E-state index in [1.807, 2.05) is 0 Å². The van der Waals surface area contributed by atoms with Crippen LogP contribution in [0.4, 0.5) is 0 Å². The van der Waals surface area contributed by atoms with Gasteiger partial charge in [0.1, 0.15) is 5.60 Å². The van der Waals surface area contributed by atoms with Crippen LogP contribution in [0.1, 0.15) is 45.4 Å². The standard InChI is InChI=1S/C18H24O2/c1-9(2)17(19)20-18-6-14-11-3-10-4-12(14)16(8-18)13(5-10)15(11)7-18/h10-16H,1,3-8H2,2H3. The summed E-state index contributed by atoms with van der Waals surface area (Å²) >= 11 is 0. The molecule has 0 N–H and O–H groups in total. The number of hydrogen-bond donors (Lipinski definition) is 0. The second kappa shape index (κ2) is 3.51. The van der Waals surface area contributed by atoms with E-state index >= 15 is 0 Å². The monoisotopic (exact) mass is 272 g/mol. The van der Waals surface area contributed by atoms with Gasteiger partial charge in [-0.25, -0.2) is 4.79 Å². The number of carbonyl (C=O) groups excluding carboxylic acids is 1. The van der Waals surface area contributed by atoms with Crippen molar-refractivity contribution in [1.29, 1.82) is 0 Å². The van der Waals surface area contributed by atoms with Gasteiger partial charge in [0, 0.05) is 5.57 Å². The molecule has 0 amide bonds. The molecule has 7 aliphatic carbocycles. The number of hydrogen-bond acceptors (Lipinski definition) is 2. The van der Waals surface area contributed by atoms with E-state index in [1.165, 1.54) is 19.3 Å². The second-order valence-corrected chi connectivity index (χ2v) is 8.52. The topological polar surface area (TPSA) is 26.3 Å². The minimum Gasteiger partial charge on any atom is -0.456 e. The maximum atomic E-state index is 12.0. The fourth-order valence-electron chi connectivity index (χ4n) is 7.25. The summed E-state index contributed by atoms with van der Waals surface area (Å²) in [5.74, 6) is 6.45. The van der Waals surface area contributed by atoms with Gasteiger partial charge in [-0.15, -0.1) is 0 Å². The Bertz CT molecular complexity index is 445. The van der Waals surface area contributed by atoms with Gasteiger partial charge in [0.05, 0.1) is 0 Å². The van der Waals surface area contributed by atoms with Crippen LogP contribution >= 0.6 is 0 Å². The van der Waals surface area contributed by atoms with Crippen LogP contribution in [0, 0.1) is 41.4 Å². The molecule has 8 bridgehead atoms. The first-order chi connectivity index (χ1) is 9.56. The van der Waals surface area contributed by atoms with Crippen LogP contribution in [0.2, 0.25) is 0 Å². The molecule has 7 rings (SSSR count). The van der Waals surface area contributed by atoms with E-state index in [4.69, 9.17) is 4.74 Å². The summed E-state index contributed by atoms with van der Waals surface area (Å²) in [5, 5.41) is 0. The second-order valence-electron chi connectivity index (χ2n) is 8.52. The Kier molecular flexibility index (Phi) is 2.07. The largest absolute Gasteiger partial charge is 0.456 e. The van der Waals surface area contributed by atoms with Crippen LogP contribution in [0.15, 0.2) is 12.2 Å². The summed E-state index contributed by atoms with van der Waals surface area (Å²) in [6.45, 7) is 5.53. The van der Waals surface area contributed by atoms with Crippen molar-refractivity contribution in [2.45, 2.75) is 51.0 Å². The fraction of sp³-hybridized carbons (Fsp3) is 0.833. The van der Waals surface area contributed by atoms with Gasteiger partial charge < -0.3 is 4.74 Å². The third kappa shape index (κ3) is 1.29. The molecule has 0 radical (unpaired) electrons. The zero-order valence-corrected chi connectivity index (χ0v) is 12.3. The fourth-order valence-corrected chi connectivity index (χ4v) is 7.25. The van der Waals surface area contributed by atoms with Crippen LogP contribution in [-0.2, 0) is 9.53 Å². The van der Waals surface area contributed by atoms with Crippen LogP contribution in [-0.4, -0.2) is 11.6 Å². The molecule has 0 aromatic rings. The molecule has 0 saturated heterocycles. The van der Waals surface area contributed by atoms with Crippen LogP contribution < -0.4 is 0 Å². The van der Waals surface area contributed by atoms with Crippen LogP contribution in [0.25, 0.3) is 0 Å². The van der Waals surface area contributed by atoms with Crippen molar-refractivity contribution in [2.24, 2.45) is 41.4 Å². The van der Waals surface area contributed by atoms with E-state index < -0.39 is 0 Å². The number of rotatable bonds is 2. The first-order valence-corrected chi connectivity index (χ1v) is 8.45. The molecular weight excluding hydrogens is 248 g/mol. The van der Waals surface area contributed by atoms with E-state index in [2.05, 4.69) is 6.58 Å². The summed E-state index contributed by atoms with van der Waals surface area (Å²) in [4.78, 5) is 12.0. The molecule has 7 fully saturated rings. The average Bonchev–Trinajstić information content (AvgIpc) is 2.43. The summed E-state index contributed by atoms with van der Waals surface area (Å²) in [6, 6.07) is 0. The zero-order chi connectivity index (χ0) is 13.6. The SMILES string of the molecule is C=C(C)C(=O)OC12CC3C4CC5CC3C(C1)C(C5)C4C2.